The number of ketones is 1. The smallest absolute Gasteiger partial charge is 0.236 e. The second kappa shape index (κ2) is 3.13. The van der Waals surface area contributed by atoms with E-state index in [1.54, 1.807) is 0 Å². The monoisotopic (exact) mass is 222 g/mol. The highest BCUT2D eigenvalue weighted by Crippen LogP contribution is 2.41. The van der Waals surface area contributed by atoms with Gasteiger partial charge in [0.2, 0.25) is 5.91 Å². The van der Waals surface area contributed by atoms with Crippen molar-refractivity contribution in [1.82, 2.24) is 4.98 Å². The molecule has 5 heteroatoms. The van der Waals surface area contributed by atoms with Crippen molar-refractivity contribution in [2.45, 2.75) is 25.2 Å². The fourth-order valence-corrected chi connectivity index (χ4v) is 2.65. The second-order valence-electron chi connectivity index (χ2n) is 4.02. The fourth-order valence-electron chi connectivity index (χ4n) is 1.73. The molecular weight excluding hydrogens is 212 g/mol. The summed E-state index contributed by atoms with van der Waals surface area (Å²) in [6.07, 6.45) is 2.45. The van der Waals surface area contributed by atoms with Gasteiger partial charge in [-0.05, 0) is 12.8 Å². The van der Waals surface area contributed by atoms with Gasteiger partial charge >= 0.3 is 0 Å². The molecule has 0 unspecified atom stereocenters. The molecular formula is C10H10N2O2S. The summed E-state index contributed by atoms with van der Waals surface area (Å²) >= 11 is 1.46. The second-order valence-corrected chi connectivity index (χ2v) is 4.86. The van der Waals surface area contributed by atoms with Gasteiger partial charge in [0.15, 0.2) is 10.9 Å². The van der Waals surface area contributed by atoms with Crippen molar-refractivity contribution in [3.63, 3.8) is 0 Å². The molecule has 1 aliphatic heterocycles. The van der Waals surface area contributed by atoms with E-state index in [9.17, 15) is 9.59 Å². The van der Waals surface area contributed by atoms with E-state index in [4.69, 9.17) is 0 Å². The number of nitrogens with zero attached hydrogens (tertiary/aromatic N) is 2. The van der Waals surface area contributed by atoms with Crippen molar-refractivity contribution < 1.29 is 9.59 Å². The van der Waals surface area contributed by atoms with E-state index < -0.39 is 0 Å². The van der Waals surface area contributed by atoms with Crippen LogP contribution in [0.25, 0.3) is 0 Å². The Bertz CT molecular complexity index is 436. The third-order valence-electron chi connectivity index (χ3n) is 2.72. The zero-order chi connectivity index (χ0) is 10.4. The third kappa shape index (κ3) is 1.56. The number of amides is 1. The average molecular weight is 222 g/mol. The van der Waals surface area contributed by atoms with Crippen LogP contribution in [0.3, 0.4) is 0 Å². The Morgan fingerprint density at radius 1 is 1.40 bits per heavy atom. The minimum atomic E-state index is -0.114. The standard InChI is InChI=1S/C10H10N2O2S/c13-7-3-9(14)12(4-7)10-11-8(5-15-10)6-1-2-6/h5-6H,1-4H2. The number of carbonyl (C=O) groups excluding carboxylic acids is 2. The average Bonchev–Trinajstić information content (AvgIpc) is 2.83. The molecule has 1 aromatic heterocycles. The first-order chi connectivity index (χ1) is 7.24. The van der Waals surface area contributed by atoms with Gasteiger partial charge in [-0.15, -0.1) is 11.3 Å². The summed E-state index contributed by atoms with van der Waals surface area (Å²) in [5, 5.41) is 2.69. The van der Waals surface area contributed by atoms with Crippen LogP contribution in [0, 0.1) is 0 Å². The van der Waals surface area contributed by atoms with Crippen LogP contribution in [0.4, 0.5) is 5.13 Å². The molecule has 0 radical (unpaired) electrons. The summed E-state index contributed by atoms with van der Waals surface area (Å²) in [4.78, 5) is 28.5. The van der Waals surface area contributed by atoms with Crippen LogP contribution in [-0.4, -0.2) is 23.2 Å². The molecule has 0 aromatic carbocycles. The number of anilines is 1. The maximum absolute atomic E-state index is 11.5. The van der Waals surface area contributed by atoms with E-state index in [-0.39, 0.29) is 24.7 Å². The molecule has 78 valence electrons. The normalized spacial score (nSPS) is 21.5. The van der Waals surface area contributed by atoms with Crippen LogP contribution in [0.5, 0.6) is 0 Å². The Labute approximate surface area is 90.9 Å². The summed E-state index contributed by atoms with van der Waals surface area (Å²) in [7, 11) is 0. The van der Waals surface area contributed by atoms with Gasteiger partial charge < -0.3 is 0 Å². The van der Waals surface area contributed by atoms with Crippen LogP contribution in [-0.2, 0) is 9.59 Å². The highest BCUT2D eigenvalue weighted by Gasteiger charge is 2.32. The number of thiazole rings is 1. The summed E-state index contributed by atoms with van der Waals surface area (Å²) in [5.74, 6) is 0.475. The maximum atomic E-state index is 11.5. The molecule has 1 saturated carbocycles. The predicted octanol–water partition coefficient (Wildman–Crippen LogP) is 1.33. The van der Waals surface area contributed by atoms with Crippen molar-refractivity contribution in [3.8, 4) is 0 Å². The van der Waals surface area contributed by atoms with Crippen LogP contribution in [0.1, 0.15) is 30.9 Å². The quantitative estimate of drug-likeness (QED) is 0.709. The molecule has 0 spiro atoms. The number of carbonyl (C=O) groups is 2. The van der Waals surface area contributed by atoms with E-state index >= 15 is 0 Å². The zero-order valence-electron chi connectivity index (χ0n) is 8.10. The van der Waals surface area contributed by atoms with Gasteiger partial charge in [0.05, 0.1) is 18.7 Å². The van der Waals surface area contributed by atoms with Gasteiger partial charge in [-0.2, -0.15) is 0 Å². The van der Waals surface area contributed by atoms with Crippen molar-refractivity contribution >= 4 is 28.2 Å². The minimum Gasteiger partial charge on any atom is -0.297 e. The van der Waals surface area contributed by atoms with Gasteiger partial charge in [-0.3, -0.25) is 14.5 Å². The van der Waals surface area contributed by atoms with Gasteiger partial charge in [0, 0.05) is 11.3 Å². The number of Topliss-reactive ketones (excluding diaryl/α,β-unsaturated/α-hetero) is 1. The molecule has 1 saturated heterocycles. The van der Waals surface area contributed by atoms with Crippen LogP contribution in [0.2, 0.25) is 0 Å². The lowest BCUT2D eigenvalue weighted by Gasteiger charge is -2.09. The number of hydrogen-bond donors (Lipinski definition) is 0. The Morgan fingerprint density at radius 3 is 2.80 bits per heavy atom. The summed E-state index contributed by atoms with van der Waals surface area (Å²) in [6, 6.07) is 0. The molecule has 0 atom stereocenters. The first kappa shape index (κ1) is 9.03. The molecule has 1 aliphatic carbocycles. The van der Waals surface area contributed by atoms with Gasteiger partial charge in [-0.1, -0.05) is 0 Å². The summed E-state index contributed by atoms with van der Waals surface area (Å²) in [5.41, 5.74) is 1.09. The van der Waals surface area contributed by atoms with Crippen molar-refractivity contribution in [1.29, 1.82) is 0 Å². The Hall–Kier alpha value is -1.23. The van der Waals surface area contributed by atoms with Gasteiger partial charge in [0.1, 0.15) is 0 Å². The third-order valence-corrected chi connectivity index (χ3v) is 3.60. The van der Waals surface area contributed by atoms with Crippen LogP contribution < -0.4 is 4.90 Å². The van der Waals surface area contributed by atoms with E-state index in [0.717, 1.165) is 5.69 Å². The Balaban J connectivity index is 1.85. The molecule has 4 nitrogen and oxygen atoms in total. The predicted molar refractivity (Wildman–Crippen MR) is 56.1 cm³/mol. The number of hydrogen-bond acceptors (Lipinski definition) is 4. The van der Waals surface area contributed by atoms with E-state index in [2.05, 4.69) is 4.98 Å². The fraction of sp³-hybridized carbons (Fsp3) is 0.500. The van der Waals surface area contributed by atoms with Gasteiger partial charge in [0.25, 0.3) is 0 Å². The molecule has 15 heavy (non-hydrogen) atoms. The first-order valence-electron chi connectivity index (χ1n) is 5.01. The topological polar surface area (TPSA) is 50.3 Å². The molecule has 1 amide bonds. The molecule has 0 N–H and O–H groups in total. The maximum Gasteiger partial charge on any atom is 0.236 e. The van der Waals surface area contributed by atoms with Crippen molar-refractivity contribution in [3.05, 3.63) is 11.1 Å². The number of aromatic nitrogens is 1. The van der Waals surface area contributed by atoms with Crippen LogP contribution in [0.15, 0.2) is 5.38 Å². The lowest BCUT2D eigenvalue weighted by Crippen LogP contribution is -2.24. The van der Waals surface area contributed by atoms with Crippen LogP contribution >= 0.6 is 11.3 Å². The van der Waals surface area contributed by atoms with E-state index in [0.29, 0.717) is 11.0 Å². The first-order valence-corrected chi connectivity index (χ1v) is 5.89. The SMILES string of the molecule is O=C1CC(=O)N(c2nc(C3CC3)cs2)C1. The van der Waals surface area contributed by atoms with Crippen molar-refractivity contribution in [2.75, 3.05) is 11.4 Å². The lowest BCUT2D eigenvalue weighted by molar-refractivity contribution is -0.121. The largest absolute Gasteiger partial charge is 0.297 e. The Morgan fingerprint density at radius 2 is 2.20 bits per heavy atom. The van der Waals surface area contributed by atoms with E-state index in [1.807, 2.05) is 5.38 Å². The van der Waals surface area contributed by atoms with Gasteiger partial charge in [-0.25, -0.2) is 4.98 Å². The number of rotatable bonds is 2. The minimum absolute atomic E-state index is 0.0110. The molecule has 1 aromatic rings. The lowest BCUT2D eigenvalue weighted by atomic mass is 10.3. The summed E-state index contributed by atoms with van der Waals surface area (Å²) in [6.45, 7) is 0.205. The summed E-state index contributed by atoms with van der Waals surface area (Å²) < 4.78 is 0. The molecule has 0 bridgehead atoms. The zero-order valence-corrected chi connectivity index (χ0v) is 8.92. The van der Waals surface area contributed by atoms with Crippen molar-refractivity contribution in [2.24, 2.45) is 0 Å². The molecule has 2 heterocycles. The molecule has 3 rings (SSSR count). The highest BCUT2D eigenvalue weighted by atomic mass is 32.1. The highest BCUT2D eigenvalue weighted by molar-refractivity contribution is 7.14. The van der Waals surface area contributed by atoms with E-state index in [1.165, 1.54) is 29.1 Å². The molecule has 2 aliphatic rings. The molecule has 2 fully saturated rings. The Kier molecular flexibility index (Phi) is 1.88.